The minimum Gasteiger partial charge on any atom is -0.508 e. The Labute approximate surface area is 300 Å². The topological polar surface area (TPSA) is 113 Å². The number of rotatable bonds is 5. The van der Waals surface area contributed by atoms with Crippen LogP contribution >= 0.6 is 34.8 Å². The molecule has 51 heavy (non-hydrogen) atoms. The Kier molecular flexibility index (Phi) is 8.12. The molecule has 4 amide bonds. The Balaban J connectivity index is 1.48. The highest BCUT2D eigenvalue weighted by atomic mass is 35.5. The summed E-state index contributed by atoms with van der Waals surface area (Å²) < 4.78 is 84.7. The molecule has 4 aliphatic rings. The van der Waals surface area contributed by atoms with Crippen LogP contribution in [-0.2, 0) is 19.2 Å². The molecule has 0 radical (unpaired) electrons. The number of aromatic hydroxyl groups is 1. The van der Waals surface area contributed by atoms with Crippen molar-refractivity contribution in [1.82, 2.24) is 0 Å². The van der Waals surface area contributed by atoms with E-state index in [0.717, 1.165) is 17.0 Å². The molecule has 1 saturated carbocycles. The van der Waals surface area contributed by atoms with E-state index in [1.165, 1.54) is 44.6 Å². The third-order valence-electron chi connectivity index (χ3n) is 10.1. The molecule has 0 bridgehead atoms. The molecule has 0 spiro atoms. The number of fused-ring (bicyclic) bond motifs is 4. The highest BCUT2D eigenvalue weighted by Crippen LogP contribution is 2.68. The van der Waals surface area contributed by atoms with E-state index in [1.54, 1.807) is 0 Å². The predicted molar refractivity (Wildman–Crippen MR) is 172 cm³/mol. The number of allylic oxidation sites excluding steroid dienone is 2. The van der Waals surface area contributed by atoms with Crippen LogP contribution in [0.15, 0.2) is 48.0 Å². The highest BCUT2D eigenvalue weighted by molar-refractivity contribution is 6.58. The molecule has 6 atom stereocenters. The maximum absolute atomic E-state index is 15.3. The molecular formula is C34H22Cl3F5N2O7. The van der Waals surface area contributed by atoms with Crippen LogP contribution in [0.5, 0.6) is 17.2 Å². The van der Waals surface area contributed by atoms with Gasteiger partial charge in [-0.05, 0) is 43.0 Å². The smallest absolute Gasteiger partial charge is 0.258 e. The molecule has 2 heterocycles. The van der Waals surface area contributed by atoms with Crippen LogP contribution in [0.4, 0.5) is 33.3 Å². The summed E-state index contributed by atoms with van der Waals surface area (Å²) in [4.78, 5) is 52.0. The average molecular weight is 772 g/mol. The first kappa shape index (κ1) is 35.0. The molecule has 9 nitrogen and oxygen atoms in total. The average Bonchev–Trinajstić information content (AvgIpc) is 3.44. The number of amides is 4. The lowest BCUT2D eigenvalue weighted by Crippen LogP contribution is -2.60. The summed E-state index contributed by atoms with van der Waals surface area (Å²) in [5.74, 6) is -22.9. The molecule has 0 aromatic heterocycles. The maximum Gasteiger partial charge on any atom is 0.258 e. The van der Waals surface area contributed by atoms with E-state index in [9.17, 15) is 37.5 Å². The van der Waals surface area contributed by atoms with Crippen LogP contribution in [0.3, 0.4) is 0 Å². The van der Waals surface area contributed by atoms with Crippen LogP contribution in [0.1, 0.15) is 24.3 Å². The van der Waals surface area contributed by atoms with Gasteiger partial charge in [-0.1, -0.05) is 23.3 Å². The Morgan fingerprint density at radius 3 is 1.88 bits per heavy atom. The summed E-state index contributed by atoms with van der Waals surface area (Å²) in [5, 5.41) is 10.8. The van der Waals surface area contributed by atoms with Gasteiger partial charge in [0.2, 0.25) is 17.6 Å². The Morgan fingerprint density at radius 1 is 0.784 bits per heavy atom. The van der Waals surface area contributed by atoms with Crippen molar-refractivity contribution < 1.29 is 55.7 Å². The molecule has 3 fully saturated rings. The minimum atomic E-state index is -2.82. The number of benzene rings is 3. The SMILES string of the molecule is COc1cc(O)cc(OC)c1C1C2=CCC3C(=O)N(c4ccc(Cl)cc4)C(=O)C3C2CC2(Cl)C(=O)N(c3c(F)c(F)c(F)c(F)c3F)C(=O)C12Cl. The molecule has 2 aliphatic carbocycles. The number of imide groups is 2. The normalized spacial score (nSPS) is 28.5. The number of alkyl halides is 2. The van der Waals surface area contributed by atoms with Gasteiger partial charge < -0.3 is 14.6 Å². The molecule has 2 aliphatic heterocycles. The van der Waals surface area contributed by atoms with Crippen molar-refractivity contribution in [3.63, 3.8) is 0 Å². The lowest BCUT2D eigenvalue weighted by atomic mass is 9.56. The van der Waals surface area contributed by atoms with Gasteiger partial charge in [0.05, 0.1) is 31.7 Å². The van der Waals surface area contributed by atoms with Gasteiger partial charge in [0, 0.05) is 28.6 Å². The van der Waals surface area contributed by atoms with Crippen molar-refractivity contribution in [2.24, 2.45) is 17.8 Å². The Bertz CT molecular complexity index is 2080. The fourth-order valence-corrected chi connectivity index (χ4v) is 8.98. The lowest BCUT2D eigenvalue weighted by molar-refractivity contribution is -0.125. The zero-order valence-corrected chi connectivity index (χ0v) is 28.3. The van der Waals surface area contributed by atoms with Crippen LogP contribution in [0.2, 0.25) is 5.02 Å². The largest absolute Gasteiger partial charge is 0.508 e. The first-order valence-corrected chi connectivity index (χ1v) is 16.2. The zero-order chi connectivity index (χ0) is 37.1. The number of anilines is 2. The summed E-state index contributed by atoms with van der Waals surface area (Å²) in [6.45, 7) is 0. The van der Waals surface area contributed by atoms with Crippen LogP contribution in [0.25, 0.3) is 0 Å². The van der Waals surface area contributed by atoms with E-state index in [0.29, 0.717) is 5.02 Å². The van der Waals surface area contributed by atoms with E-state index in [-0.39, 0.29) is 45.4 Å². The van der Waals surface area contributed by atoms with Gasteiger partial charge in [-0.2, -0.15) is 0 Å². The van der Waals surface area contributed by atoms with Crippen molar-refractivity contribution in [3.05, 3.63) is 87.7 Å². The highest BCUT2D eigenvalue weighted by Gasteiger charge is 2.77. The molecule has 2 saturated heterocycles. The van der Waals surface area contributed by atoms with Gasteiger partial charge in [-0.15, -0.1) is 23.2 Å². The quantitative estimate of drug-likeness (QED) is 0.0785. The summed E-state index contributed by atoms with van der Waals surface area (Å²) in [6.07, 6.45) is 0.739. The van der Waals surface area contributed by atoms with E-state index < -0.39 is 98.2 Å². The van der Waals surface area contributed by atoms with Gasteiger partial charge in [0.1, 0.15) is 22.9 Å². The standard InChI is InChI=1S/C34H22Cl3F5N2O7/c1-50-18-9-14(45)10-19(51-2)21(18)22-15-7-8-16-20(30(47)43(29(16)46)13-5-3-12(35)4-6-13)17(15)11-33(36)31(48)44(32(49)34(22,33)37)28-26(41)24(39)23(38)25(40)27(28)42/h3-7,9-10,16-17,20,22,45H,8,11H2,1-2H3. The van der Waals surface area contributed by atoms with Crippen molar-refractivity contribution in [2.75, 3.05) is 24.0 Å². The number of carbonyl (C=O) groups excluding carboxylic acids is 4. The first-order chi connectivity index (χ1) is 24.0. The van der Waals surface area contributed by atoms with E-state index in [1.807, 2.05) is 0 Å². The number of ether oxygens (including phenoxy) is 2. The monoisotopic (exact) mass is 770 g/mol. The van der Waals surface area contributed by atoms with Gasteiger partial charge >= 0.3 is 0 Å². The van der Waals surface area contributed by atoms with Crippen molar-refractivity contribution >= 4 is 69.8 Å². The number of halogens is 8. The molecule has 1 N–H and O–H groups in total. The second kappa shape index (κ2) is 11.8. The lowest BCUT2D eigenvalue weighted by Gasteiger charge is -2.51. The van der Waals surface area contributed by atoms with Crippen LogP contribution in [-0.4, -0.2) is 52.7 Å². The zero-order valence-electron chi connectivity index (χ0n) is 26.1. The second-order valence-electron chi connectivity index (χ2n) is 12.4. The number of hydrogen-bond acceptors (Lipinski definition) is 7. The molecule has 7 rings (SSSR count). The van der Waals surface area contributed by atoms with Gasteiger partial charge in [0.25, 0.3) is 11.8 Å². The Hall–Kier alpha value is -4.40. The molecule has 3 aromatic carbocycles. The van der Waals surface area contributed by atoms with E-state index in [2.05, 4.69) is 0 Å². The predicted octanol–water partition coefficient (Wildman–Crippen LogP) is 6.53. The number of hydrogen-bond donors (Lipinski definition) is 1. The molecule has 266 valence electrons. The van der Waals surface area contributed by atoms with Gasteiger partial charge in [0.15, 0.2) is 33.0 Å². The third kappa shape index (κ3) is 4.51. The van der Waals surface area contributed by atoms with E-state index in [4.69, 9.17) is 44.3 Å². The van der Waals surface area contributed by atoms with E-state index >= 15 is 8.78 Å². The third-order valence-corrected chi connectivity index (χ3v) is 11.8. The van der Waals surface area contributed by atoms with Gasteiger partial charge in [-0.25, -0.2) is 26.9 Å². The summed E-state index contributed by atoms with van der Waals surface area (Å²) in [6, 6.07) is 8.06. The molecule has 3 aromatic rings. The molecule has 6 unspecified atom stereocenters. The van der Waals surface area contributed by atoms with Crippen LogP contribution in [0, 0.1) is 46.8 Å². The summed E-state index contributed by atoms with van der Waals surface area (Å²) >= 11 is 20.4. The fourth-order valence-electron chi connectivity index (χ4n) is 7.94. The van der Waals surface area contributed by atoms with Crippen molar-refractivity contribution in [2.45, 2.75) is 28.5 Å². The van der Waals surface area contributed by atoms with Crippen molar-refractivity contribution in [1.29, 1.82) is 0 Å². The number of methoxy groups -OCH3 is 2. The fraction of sp³-hybridized carbons (Fsp3) is 0.294. The number of phenolic OH excluding ortho intramolecular Hbond substituents is 1. The maximum atomic E-state index is 15.3. The summed E-state index contributed by atoms with van der Waals surface area (Å²) in [5.41, 5.74) is -1.66. The molecule has 17 heteroatoms. The number of phenols is 1. The van der Waals surface area contributed by atoms with Crippen LogP contribution < -0.4 is 19.3 Å². The first-order valence-electron chi connectivity index (χ1n) is 15.1. The number of carbonyl (C=O) groups is 4. The summed E-state index contributed by atoms with van der Waals surface area (Å²) in [7, 11) is 2.37. The molecular weight excluding hydrogens is 750 g/mol. The van der Waals surface area contributed by atoms with Gasteiger partial charge in [-0.3, -0.25) is 24.1 Å². The Morgan fingerprint density at radius 2 is 1.33 bits per heavy atom. The van der Waals surface area contributed by atoms with Crippen molar-refractivity contribution in [3.8, 4) is 17.2 Å². The minimum absolute atomic E-state index is 0.0872. The number of nitrogens with zero attached hydrogens (tertiary/aromatic N) is 2. The second-order valence-corrected chi connectivity index (χ2v) is 14.1.